The van der Waals surface area contributed by atoms with E-state index in [0.29, 0.717) is 13.1 Å². The molecule has 1 fully saturated rings. The van der Waals surface area contributed by atoms with Gasteiger partial charge in [0.2, 0.25) is 0 Å². The number of carbonyl (C=O) groups excluding carboxylic acids is 2. The molecule has 0 saturated carbocycles. The lowest BCUT2D eigenvalue weighted by atomic mass is 9.99. The van der Waals surface area contributed by atoms with Gasteiger partial charge < -0.3 is 19.4 Å². The summed E-state index contributed by atoms with van der Waals surface area (Å²) in [6, 6.07) is 18.7. The van der Waals surface area contributed by atoms with Crippen molar-refractivity contribution >= 4 is 34.0 Å². The Kier molecular flexibility index (Phi) is 9.17. The highest BCUT2D eigenvalue weighted by atomic mass is 16.6. The summed E-state index contributed by atoms with van der Waals surface area (Å²) >= 11 is 0. The van der Waals surface area contributed by atoms with Crippen LogP contribution in [0.25, 0.3) is 44.2 Å². The second-order valence-corrected chi connectivity index (χ2v) is 15.0. The predicted octanol–water partition coefficient (Wildman–Crippen LogP) is 9.55. The second kappa shape index (κ2) is 13.2. The van der Waals surface area contributed by atoms with Gasteiger partial charge in [-0.15, -0.1) is 0 Å². The summed E-state index contributed by atoms with van der Waals surface area (Å²) in [6.07, 6.45) is 3.79. The quantitative estimate of drug-likeness (QED) is 0.179. The Morgan fingerprint density at radius 2 is 1.57 bits per heavy atom. The van der Waals surface area contributed by atoms with Gasteiger partial charge in [-0.25, -0.2) is 19.6 Å². The zero-order valence-corrected chi connectivity index (χ0v) is 29.9. The molecule has 2 amide bonds. The van der Waals surface area contributed by atoms with Crippen molar-refractivity contribution in [2.24, 2.45) is 0 Å². The normalized spacial score (nSPS) is 15.9. The Hall–Kier alpha value is -4.86. The number of carbonyl (C=O) groups is 2. The fourth-order valence-electron chi connectivity index (χ4n) is 6.39. The molecule has 0 radical (unpaired) electrons. The summed E-state index contributed by atoms with van der Waals surface area (Å²) in [5.74, 6) is 1.51. The Labute approximate surface area is 288 Å². The van der Waals surface area contributed by atoms with Gasteiger partial charge in [0, 0.05) is 18.7 Å². The smallest absolute Gasteiger partial charge is 0.410 e. The predicted molar refractivity (Wildman–Crippen MR) is 193 cm³/mol. The average molecular weight is 665 g/mol. The maximum Gasteiger partial charge on any atom is 0.410 e. The van der Waals surface area contributed by atoms with E-state index in [2.05, 4.69) is 63.5 Å². The summed E-state index contributed by atoms with van der Waals surface area (Å²) in [5.41, 5.74) is 4.76. The third kappa shape index (κ3) is 7.58. The van der Waals surface area contributed by atoms with Gasteiger partial charge in [-0.1, -0.05) is 37.3 Å². The molecule has 3 aromatic carbocycles. The molecular formula is C39H48N6O4. The Bertz CT molecular complexity index is 1980. The molecule has 10 heteroatoms. The van der Waals surface area contributed by atoms with Gasteiger partial charge in [0.25, 0.3) is 0 Å². The second-order valence-electron chi connectivity index (χ2n) is 15.0. The molecule has 49 heavy (non-hydrogen) atoms. The highest BCUT2D eigenvalue weighted by Crippen LogP contribution is 2.34. The number of aromatic amines is 2. The Morgan fingerprint density at radius 3 is 2.27 bits per heavy atom. The molecule has 0 spiro atoms. The number of amides is 2. The highest BCUT2D eigenvalue weighted by molar-refractivity contribution is 5.92. The van der Waals surface area contributed by atoms with Crippen LogP contribution in [0.1, 0.15) is 98.4 Å². The minimum Gasteiger partial charge on any atom is -0.444 e. The monoisotopic (exact) mass is 664 g/mol. The molecule has 258 valence electrons. The van der Waals surface area contributed by atoms with Gasteiger partial charge in [-0.3, -0.25) is 9.80 Å². The molecule has 1 aliphatic heterocycles. The summed E-state index contributed by atoms with van der Waals surface area (Å²) in [7, 11) is 0. The minimum atomic E-state index is -0.572. The topological polar surface area (TPSA) is 116 Å². The third-order valence-corrected chi connectivity index (χ3v) is 8.73. The SMILES string of the molecule is CCCN(C(=O)OC(C)(C)C)C(C)c1nc2ccc(-c3ccc4cc(-c5cnc([C@@H]6CCCN6C(=O)OC(C)(C)C)[nH]5)ccc4c3)cc2[nH]1. The molecule has 1 unspecified atom stereocenters. The van der Waals surface area contributed by atoms with Crippen LogP contribution in [0.2, 0.25) is 0 Å². The van der Waals surface area contributed by atoms with E-state index in [1.807, 2.05) is 67.7 Å². The summed E-state index contributed by atoms with van der Waals surface area (Å²) in [5, 5.41) is 2.24. The lowest BCUT2D eigenvalue weighted by molar-refractivity contribution is 0.0165. The van der Waals surface area contributed by atoms with Crippen molar-refractivity contribution in [1.29, 1.82) is 0 Å². The van der Waals surface area contributed by atoms with Gasteiger partial charge in [-0.2, -0.15) is 0 Å². The lowest BCUT2D eigenvalue weighted by Gasteiger charge is -2.30. The zero-order valence-electron chi connectivity index (χ0n) is 29.9. The van der Waals surface area contributed by atoms with Crippen LogP contribution in [-0.4, -0.2) is 66.2 Å². The minimum absolute atomic E-state index is 0.127. The number of aromatic nitrogens is 4. The summed E-state index contributed by atoms with van der Waals surface area (Å²) < 4.78 is 11.3. The van der Waals surface area contributed by atoms with Crippen LogP contribution in [0.3, 0.4) is 0 Å². The first-order chi connectivity index (χ1) is 23.2. The molecule has 2 N–H and O–H groups in total. The number of ether oxygens (including phenoxy) is 2. The Balaban J connectivity index is 1.20. The molecule has 1 saturated heterocycles. The molecule has 0 aliphatic carbocycles. The van der Waals surface area contributed by atoms with Gasteiger partial charge >= 0.3 is 12.2 Å². The van der Waals surface area contributed by atoms with Crippen LogP contribution in [0.4, 0.5) is 9.59 Å². The maximum absolute atomic E-state index is 13.0. The van der Waals surface area contributed by atoms with Crippen molar-refractivity contribution in [2.45, 2.75) is 97.9 Å². The maximum atomic E-state index is 13.0. The van der Waals surface area contributed by atoms with E-state index in [-0.39, 0.29) is 24.3 Å². The standard InChI is InChI=1S/C39H48N6O4/c1-9-18-44(36(46)48-38(3,4)5)24(2)34-41-30-17-16-28(22-31(30)42-34)26-12-13-27-21-29(15-14-25(27)20-26)32-23-40-35(43-32)33-11-10-19-45(33)37(47)49-39(6,7)8/h12-17,20-24,33H,9-11,18-19H2,1-8H3,(H,40,43)(H,41,42)/t24?,33-/m0/s1. The number of H-pyrrole nitrogens is 2. The molecule has 2 aromatic heterocycles. The number of benzene rings is 3. The highest BCUT2D eigenvalue weighted by Gasteiger charge is 2.35. The zero-order chi connectivity index (χ0) is 35.1. The fraction of sp³-hybridized carbons (Fsp3) is 0.436. The first-order valence-corrected chi connectivity index (χ1v) is 17.3. The number of nitrogens with zero attached hydrogens (tertiary/aromatic N) is 4. The molecule has 6 rings (SSSR count). The van der Waals surface area contributed by atoms with Gasteiger partial charge in [0.15, 0.2) is 0 Å². The number of rotatable bonds is 7. The van der Waals surface area contributed by atoms with Crippen LogP contribution in [-0.2, 0) is 9.47 Å². The van der Waals surface area contributed by atoms with E-state index in [1.54, 1.807) is 9.80 Å². The van der Waals surface area contributed by atoms with Gasteiger partial charge in [-0.05, 0) is 114 Å². The van der Waals surface area contributed by atoms with Crippen LogP contribution in [0.15, 0.2) is 60.8 Å². The van der Waals surface area contributed by atoms with E-state index in [0.717, 1.165) is 75.1 Å². The number of imidazole rings is 2. The molecule has 2 atom stereocenters. The number of nitrogens with one attached hydrogen (secondary N) is 2. The number of likely N-dealkylation sites (tertiary alicyclic amines) is 1. The number of fused-ring (bicyclic) bond motifs is 2. The Morgan fingerprint density at radius 1 is 0.918 bits per heavy atom. The number of hydrogen-bond acceptors (Lipinski definition) is 6. The van der Waals surface area contributed by atoms with Crippen LogP contribution < -0.4 is 0 Å². The van der Waals surface area contributed by atoms with Crippen molar-refractivity contribution in [3.05, 3.63) is 72.4 Å². The molecule has 1 aliphatic rings. The fourth-order valence-corrected chi connectivity index (χ4v) is 6.39. The van der Waals surface area contributed by atoms with Crippen molar-refractivity contribution in [2.75, 3.05) is 13.1 Å². The van der Waals surface area contributed by atoms with Crippen molar-refractivity contribution < 1.29 is 19.1 Å². The van der Waals surface area contributed by atoms with Crippen molar-refractivity contribution in [3.63, 3.8) is 0 Å². The number of hydrogen-bond donors (Lipinski definition) is 2. The van der Waals surface area contributed by atoms with E-state index in [1.165, 1.54) is 0 Å². The summed E-state index contributed by atoms with van der Waals surface area (Å²) in [4.78, 5) is 45.8. The van der Waals surface area contributed by atoms with Crippen molar-refractivity contribution in [3.8, 4) is 22.4 Å². The van der Waals surface area contributed by atoms with E-state index in [9.17, 15) is 9.59 Å². The third-order valence-electron chi connectivity index (χ3n) is 8.73. The van der Waals surface area contributed by atoms with Gasteiger partial charge in [0.05, 0.1) is 35.0 Å². The molecule has 10 nitrogen and oxygen atoms in total. The van der Waals surface area contributed by atoms with E-state index < -0.39 is 11.2 Å². The van der Waals surface area contributed by atoms with Gasteiger partial charge in [0.1, 0.15) is 22.9 Å². The molecular weight excluding hydrogens is 616 g/mol. The van der Waals surface area contributed by atoms with Crippen LogP contribution >= 0.6 is 0 Å². The van der Waals surface area contributed by atoms with Crippen LogP contribution in [0, 0.1) is 0 Å². The average Bonchev–Trinajstić information content (AvgIpc) is 3.80. The largest absolute Gasteiger partial charge is 0.444 e. The first kappa shape index (κ1) is 34.0. The molecule has 5 aromatic rings. The van der Waals surface area contributed by atoms with E-state index >= 15 is 0 Å². The first-order valence-electron chi connectivity index (χ1n) is 17.3. The van der Waals surface area contributed by atoms with E-state index in [4.69, 9.17) is 14.5 Å². The summed E-state index contributed by atoms with van der Waals surface area (Å²) in [6.45, 7) is 16.6. The molecule has 0 bridgehead atoms. The van der Waals surface area contributed by atoms with Crippen LogP contribution in [0.5, 0.6) is 0 Å². The molecule has 3 heterocycles. The van der Waals surface area contributed by atoms with Crippen molar-refractivity contribution in [1.82, 2.24) is 29.7 Å². The lowest BCUT2D eigenvalue weighted by Crippen LogP contribution is -2.39.